The van der Waals surface area contributed by atoms with Crippen LogP contribution in [0.4, 0.5) is 5.69 Å². The van der Waals surface area contributed by atoms with Crippen LogP contribution in [0.1, 0.15) is 5.56 Å². The largest absolute Gasteiger partial charge is 0.482 e. The molecule has 0 unspecified atom stereocenters. The number of nitro groups is 1. The van der Waals surface area contributed by atoms with Gasteiger partial charge in [-0.1, -0.05) is 35.3 Å². The predicted octanol–water partition coefficient (Wildman–Crippen LogP) is 4.48. The molecule has 0 aromatic heterocycles. The Kier molecular flexibility index (Phi) is 4.24. The average molecular weight is 298 g/mol. The quantitative estimate of drug-likeness (QED) is 0.617. The minimum atomic E-state index is -0.506. The van der Waals surface area contributed by atoms with Gasteiger partial charge in [-0.15, -0.1) is 0 Å². The first-order valence-electron chi connectivity index (χ1n) is 5.37. The van der Waals surface area contributed by atoms with Crippen molar-refractivity contribution < 1.29 is 9.66 Å². The second-order valence-electron chi connectivity index (χ2n) is 3.78. The molecule has 0 amide bonds. The van der Waals surface area contributed by atoms with Crippen molar-refractivity contribution in [1.82, 2.24) is 0 Å². The highest BCUT2D eigenvalue weighted by atomic mass is 35.5. The van der Waals surface area contributed by atoms with Gasteiger partial charge in [0.2, 0.25) is 0 Å². The van der Waals surface area contributed by atoms with E-state index in [1.807, 2.05) is 0 Å². The second-order valence-corrected chi connectivity index (χ2v) is 4.66. The maximum Gasteiger partial charge on any atom is 0.311 e. The maximum absolute atomic E-state index is 10.9. The van der Waals surface area contributed by atoms with Gasteiger partial charge in [0.15, 0.2) is 5.75 Å². The van der Waals surface area contributed by atoms with Gasteiger partial charge < -0.3 is 4.74 Å². The van der Waals surface area contributed by atoms with Crippen molar-refractivity contribution in [1.29, 1.82) is 0 Å². The third-order valence-electron chi connectivity index (χ3n) is 2.43. The normalized spacial score (nSPS) is 10.2. The summed E-state index contributed by atoms with van der Waals surface area (Å²) in [4.78, 5) is 10.3. The molecule has 0 atom stereocenters. The van der Waals surface area contributed by atoms with Crippen LogP contribution >= 0.6 is 23.2 Å². The first kappa shape index (κ1) is 13.6. The maximum atomic E-state index is 10.9. The summed E-state index contributed by atoms with van der Waals surface area (Å²) in [5.74, 6) is 0.146. The van der Waals surface area contributed by atoms with Crippen LogP contribution in [-0.2, 0) is 6.61 Å². The van der Waals surface area contributed by atoms with Gasteiger partial charge in [0, 0.05) is 22.2 Å². The summed E-state index contributed by atoms with van der Waals surface area (Å²) in [6.45, 7) is 0.207. The lowest BCUT2D eigenvalue weighted by atomic mass is 10.2. The van der Waals surface area contributed by atoms with Gasteiger partial charge in [-0.05, 0) is 23.8 Å². The summed E-state index contributed by atoms with van der Waals surface area (Å²) < 4.78 is 5.44. The van der Waals surface area contributed by atoms with E-state index in [0.717, 1.165) is 5.56 Å². The molecule has 19 heavy (non-hydrogen) atoms. The van der Waals surface area contributed by atoms with Gasteiger partial charge in [-0.3, -0.25) is 10.1 Å². The third kappa shape index (κ3) is 3.59. The Labute approximate surface area is 119 Å². The predicted molar refractivity (Wildman–Crippen MR) is 73.9 cm³/mol. The van der Waals surface area contributed by atoms with Crippen LogP contribution in [0.5, 0.6) is 5.75 Å². The monoisotopic (exact) mass is 297 g/mol. The SMILES string of the molecule is O=[N+]([O-])c1ccc(Cl)cc1OCc1ccc(Cl)cc1. The molecule has 6 heteroatoms. The summed E-state index contributed by atoms with van der Waals surface area (Å²) in [7, 11) is 0. The zero-order valence-corrected chi connectivity index (χ0v) is 11.2. The zero-order valence-electron chi connectivity index (χ0n) is 9.68. The van der Waals surface area contributed by atoms with Gasteiger partial charge in [0.1, 0.15) is 6.61 Å². The first-order valence-corrected chi connectivity index (χ1v) is 6.13. The summed E-state index contributed by atoms with van der Waals surface area (Å²) in [5, 5.41) is 11.9. The summed E-state index contributed by atoms with van der Waals surface area (Å²) >= 11 is 11.6. The third-order valence-corrected chi connectivity index (χ3v) is 2.91. The van der Waals surface area contributed by atoms with Gasteiger partial charge in [-0.25, -0.2) is 0 Å². The van der Waals surface area contributed by atoms with Crippen molar-refractivity contribution >= 4 is 28.9 Å². The van der Waals surface area contributed by atoms with Crippen molar-refractivity contribution in [2.24, 2.45) is 0 Å². The molecule has 2 aromatic carbocycles. The van der Waals surface area contributed by atoms with Gasteiger partial charge in [0.25, 0.3) is 0 Å². The molecule has 0 radical (unpaired) electrons. The molecule has 0 heterocycles. The standard InChI is InChI=1S/C13H9Cl2NO3/c14-10-3-1-9(2-4-10)8-19-13-7-11(15)5-6-12(13)16(17)18/h1-7H,8H2. The summed E-state index contributed by atoms with van der Waals surface area (Å²) in [5.41, 5.74) is 0.747. The minimum absolute atomic E-state index is 0.113. The van der Waals surface area contributed by atoms with Crippen LogP contribution < -0.4 is 4.74 Å². The molecule has 0 fully saturated rings. The Morgan fingerprint density at radius 1 is 1.05 bits per heavy atom. The van der Waals surface area contributed by atoms with E-state index in [2.05, 4.69) is 0 Å². The van der Waals surface area contributed by atoms with Crippen LogP contribution in [-0.4, -0.2) is 4.92 Å². The number of benzene rings is 2. The fraction of sp³-hybridized carbons (Fsp3) is 0.0769. The molecule has 2 aromatic rings. The number of nitrogens with zero attached hydrogens (tertiary/aromatic N) is 1. The fourth-order valence-electron chi connectivity index (χ4n) is 1.50. The van der Waals surface area contributed by atoms with Crippen molar-refractivity contribution in [2.45, 2.75) is 6.61 Å². The number of hydrogen-bond donors (Lipinski definition) is 0. The second kappa shape index (κ2) is 5.91. The van der Waals surface area contributed by atoms with E-state index in [4.69, 9.17) is 27.9 Å². The molecule has 0 N–H and O–H groups in total. The Morgan fingerprint density at radius 3 is 2.32 bits per heavy atom. The molecule has 0 aliphatic carbocycles. The van der Waals surface area contributed by atoms with Crippen LogP contribution in [0, 0.1) is 10.1 Å². The molecule has 0 saturated carbocycles. The fourth-order valence-corrected chi connectivity index (χ4v) is 1.78. The molecule has 98 valence electrons. The summed E-state index contributed by atoms with van der Waals surface area (Å²) in [6.07, 6.45) is 0. The molecule has 0 aliphatic heterocycles. The van der Waals surface area contributed by atoms with Crippen LogP contribution in [0.25, 0.3) is 0 Å². The highest BCUT2D eigenvalue weighted by Gasteiger charge is 2.15. The Bertz CT molecular complexity index is 599. The van der Waals surface area contributed by atoms with E-state index in [9.17, 15) is 10.1 Å². The van der Waals surface area contributed by atoms with E-state index in [1.54, 1.807) is 24.3 Å². The lowest BCUT2D eigenvalue weighted by molar-refractivity contribution is -0.385. The molecule has 0 spiro atoms. The van der Waals surface area contributed by atoms with Crippen LogP contribution in [0.3, 0.4) is 0 Å². The zero-order chi connectivity index (χ0) is 13.8. The lowest BCUT2D eigenvalue weighted by Gasteiger charge is -2.07. The molecular formula is C13H9Cl2NO3. The molecule has 2 rings (SSSR count). The van der Waals surface area contributed by atoms with Gasteiger partial charge in [-0.2, -0.15) is 0 Å². The van der Waals surface area contributed by atoms with E-state index in [0.29, 0.717) is 10.0 Å². The highest BCUT2D eigenvalue weighted by Crippen LogP contribution is 2.30. The van der Waals surface area contributed by atoms with Crippen LogP contribution in [0.15, 0.2) is 42.5 Å². The highest BCUT2D eigenvalue weighted by molar-refractivity contribution is 6.31. The van der Waals surface area contributed by atoms with Crippen molar-refractivity contribution in [3.05, 3.63) is 68.2 Å². The van der Waals surface area contributed by atoms with Gasteiger partial charge in [0.05, 0.1) is 4.92 Å². The van der Waals surface area contributed by atoms with E-state index in [1.165, 1.54) is 18.2 Å². The first-order chi connectivity index (χ1) is 9.06. The van der Waals surface area contributed by atoms with Crippen molar-refractivity contribution in [3.63, 3.8) is 0 Å². The Balaban J connectivity index is 2.16. The topological polar surface area (TPSA) is 52.4 Å². The number of hydrogen-bond acceptors (Lipinski definition) is 3. The number of ether oxygens (including phenoxy) is 1. The Hall–Kier alpha value is -1.78. The molecular weight excluding hydrogens is 289 g/mol. The average Bonchev–Trinajstić information content (AvgIpc) is 2.38. The summed E-state index contributed by atoms with van der Waals surface area (Å²) in [6, 6.07) is 11.2. The number of halogens is 2. The van der Waals surface area contributed by atoms with Crippen molar-refractivity contribution in [2.75, 3.05) is 0 Å². The molecule has 0 bridgehead atoms. The smallest absolute Gasteiger partial charge is 0.311 e. The molecule has 4 nitrogen and oxygen atoms in total. The molecule has 0 saturated heterocycles. The van der Waals surface area contributed by atoms with E-state index in [-0.39, 0.29) is 18.0 Å². The van der Waals surface area contributed by atoms with E-state index < -0.39 is 4.92 Å². The lowest BCUT2D eigenvalue weighted by Crippen LogP contribution is -1.99. The van der Waals surface area contributed by atoms with Crippen LogP contribution in [0.2, 0.25) is 10.0 Å². The van der Waals surface area contributed by atoms with E-state index >= 15 is 0 Å². The minimum Gasteiger partial charge on any atom is -0.482 e. The van der Waals surface area contributed by atoms with Gasteiger partial charge >= 0.3 is 5.69 Å². The number of nitro benzene ring substituents is 1. The number of rotatable bonds is 4. The molecule has 0 aliphatic rings. The Morgan fingerprint density at radius 2 is 1.68 bits per heavy atom. The van der Waals surface area contributed by atoms with Crippen molar-refractivity contribution in [3.8, 4) is 5.75 Å².